The first-order chi connectivity index (χ1) is 31.5. The molecule has 0 spiro atoms. The van der Waals surface area contributed by atoms with E-state index in [0.29, 0.717) is 48.5 Å². The van der Waals surface area contributed by atoms with Crippen LogP contribution in [-0.2, 0) is 80.9 Å². The fourth-order valence-electron chi connectivity index (χ4n) is 6.58. The molecule has 376 valence electrons. The van der Waals surface area contributed by atoms with Crippen molar-refractivity contribution in [2.24, 2.45) is 0 Å². The van der Waals surface area contributed by atoms with E-state index in [1.165, 1.54) is 0 Å². The first-order valence-electron chi connectivity index (χ1n) is 17.3. The maximum Gasteiger partial charge on any atom is 0.295 e. The summed E-state index contributed by atoms with van der Waals surface area (Å²) in [4.78, 5) is -9.42. The molecule has 0 atom stereocenters. The highest BCUT2D eigenvalue weighted by Crippen LogP contribution is 2.39. The van der Waals surface area contributed by atoms with Gasteiger partial charge in [-0.25, -0.2) is 0 Å². The Kier molecular flexibility index (Phi) is 13.8. The first-order valence-corrected chi connectivity index (χ1v) is 29.7. The number of thiocarbonyl (C=S) groups is 2. The third kappa shape index (κ3) is 11.7. The van der Waals surface area contributed by atoms with Crippen LogP contribution in [0.3, 0.4) is 0 Å². The van der Waals surface area contributed by atoms with Crippen LogP contribution in [0, 0.1) is 0 Å². The fraction of sp³-hybridized carbons (Fsp3) is 0. The Bertz CT molecular complexity index is 4030. The zero-order valence-electron chi connectivity index (χ0n) is 33.1. The van der Waals surface area contributed by atoms with Crippen molar-refractivity contribution in [2.75, 3.05) is 21.3 Å². The van der Waals surface area contributed by atoms with Gasteiger partial charge in [0.2, 0.25) is 0 Å². The standard InChI is InChI=1S/C32H24N4O24S10/c37-63(38,39)17-1-13-3-19(65(43,44)45)11-27(69(55,56)57)29(13)23(9-17)35-31(61)33-15-5-21-22(25(7-15)67(49,50)51)6-16(8-26(21)68(52,53)54)34-32(62)36-24-10-18(64(40,41)42)2-14-4-20(66(46,47)48)12-28(30(14)24)70(58,59)60/h1-12H,(H2,33,35,61)(H2,34,36,62)(H,37,38,39)(H,40,41,42)(H,43,44,45)(H,46,47,48)(H,49,50,51)(H,52,53,54)(H,55,56,57)(H,58,59,60). The van der Waals surface area contributed by atoms with E-state index in [1.54, 1.807) is 0 Å². The molecule has 0 fully saturated rings. The maximum absolute atomic E-state index is 12.9. The SMILES string of the molecule is O=S(=O)(O)c1cc(NC(=S)Nc2cc(S(=O)(=O)O)c3cc(NC(=S)Nc4cc(S(=O)(=O)O)cc5cc(S(=O)(=O)O)cc(S(=O)(=O)O)c45)cc(S(=O)(=O)O)c3c2)c2c(S(=O)(=O)O)cc(S(=O)(=O)O)cc2c1. The number of hydrogen-bond acceptors (Lipinski definition) is 18. The quantitative estimate of drug-likeness (QED) is 0.0619. The third-order valence-corrected chi connectivity index (χ3v) is 16.5. The summed E-state index contributed by atoms with van der Waals surface area (Å²) in [5, 5.41) is 3.26. The normalized spacial score (nSPS) is 13.3. The molecule has 0 unspecified atom stereocenters. The monoisotopic (exact) mass is 1170 g/mol. The van der Waals surface area contributed by atoms with Gasteiger partial charge in [0, 0.05) is 32.9 Å². The Labute approximate surface area is 404 Å². The molecule has 6 rings (SSSR count). The molecular formula is C32H24N4O24S10. The van der Waals surface area contributed by atoms with Crippen molar-refractivity contribution in [3.8, 4) is 0 Å². The van der Waals surface area contributed by atoms with E-state index in [1.807, 2.05) is 0 Å². The predicted molar refractivity (Wildman–Crippen MR) is 250 cm³/mol. The van der Waals surface area contributed by atoms with Crippen LogP contribution in [0.4, 0.5) is 22.7 Å². The van der Waals surface area contributed by atoms with Gasteiger partial charge in [-0.3, -0.25) is 36.4 Å². The van der Waals surface area contributed by atoms with E-state index < -0.39 is 185 Å². The predicted octanol–water partition coefficient (Wildman–Crippen LogP) is 2.74. The lowest BCUT2D eigenvalue weighted by molar-refractivity contribution is 0.477. The van der Waals surface area contributed by atoms with Crippen molar-refractivity contribution in [1.82, 2.24) is 0 Å². The molecule has 0 radical (unpaired) electrons. The average molecular weight is 1170 g/mol. The van der Waals surface area contributed by atoms with Crippen molar-refractivity contribution in [3.05, 3.63) is 72.8 Å². The second-order valence-corrected chi connectivity index (χ2v) is 26.0. The molecule has 12 N–H and O–H groups in total. The molecule has 0 saturated heterocycles. The van der Waals surface area contributed by atoms with E-state index in [4.69, 9.17) is 24.4 Å². The van der Waals surface area contributed by atoms with Gasteiger partial charge < -0.3 is 21.3 Å². The molecular weight excluding hydrogens is 1150 g/mol. The van der Waals surface area contributed by atoms with Gasteiger partial charge in [-0.05, 0) is 108 Å². The van der Waals surface area contributed by atoms with E-state index in [0.717, 1.165) is 12.1 Å². The zero-order chi connectivity index (χ0) is 52.9. The molecule has 6 aromatic rings. The lowest BCUT2D eigenvalue weighted by Crippen LogP contribution is -2.21. The smallest absolute Gasteiger partial charge is 0.295 e. The van der Waals surface area contributed by atoms with Gasteiger partial charge in [0.1, 0.15) is 19.6 Å². The maximum atomic E-state index is 12.9. The molecule has 0 aliphatic carbocycles. The summed E-state index contributed by atoms with van der Waals surface area (Å²) in [6.45, 7) is 0. The number of anilines is 4. The Morgan fingerprint density at radius 2 is 0.571 bits per heavy atom. The van der Waals surface area contributed by atoms with Gasteiger partial charge in [0.05, 0.1) is 31.0 Å². The van der Waals surface area contributed by atoms with Crippen LogP contribution in [0.15, 0.2) is 112 Å². The van der Waals surface area contributed by atoms with Crippen molar-refractivity contribution in [2.45, 2.75) is 39.2 Å². The molecule has 6 aromatic carbocycles. The van der Waals surface area contributed by atoms with Crippen molar-refractivity contribution >= 4 is 171 Å². The van der Waals surface area contributed by atoms with Gasteiger partial charge in [0.25, 0.3) is 80.9 Å². The van der Waals surface area contributed by atoms with Crippen LogP contribution in [0.1, 0.15) is 0 Å². The molecule has 0 aliphatic heterocycles. The highest BCUT2D eigenvalue weighted by atomic mass is 32.3. The number of hydrogen-bond donors (Lipinski definition) is 12. The number of nitrogens with one attached hydrogen (secondary N) is 4. The van der Waals surface area contributed by atoms with Crippen LogP contribution in [-0.4, -0.2) is 114 Å². The molecule has 38 heteroatoms. The topological polar surface area (TPSA) is 483 Å². The summed E-state index contributed by atoms with van der Waals surface area (Å²) in [7, 11) is -42.9. The largest absolute Gasteiger partial charge is 0.332 e. The molecule has 0 aromatic heterocycles. The second-order valence-electron chi connectivity index (χ2n) is 14.0. The molecule has 0 bridgehead atoms. The summed E-state index contributed by atoms with van der Waals surface area (Å²) >= 11 is 10.4. The zero-order valence-corrected chi connectivity index (χ0v) is 41.3. The molecule has 70 heavy (non-hydrogen) atoms. The summed E-state index contributed by atoms with van der Waals surface area (Å²) in [6, 6.07) is 6.45. The van der Waals surface area contributed by atoms with E-state index in [2.05, 4.69) is 21.3 Å². The van der Waals surface area contributed by atoms with Crippen LogP contribution in [0.2, 0.25) is 0 Å². The highest BCUT2D eigenvalue weighted by Gasteiger charge is 2.29. The Morgan fingerprint density at radius 3 is 0.814 bits per heavy atom. The second kappa shape index (κ2) is 17.8. The van der Waals surface area contributed by atoms with E-state index >= 15 is 0 Å². The van der Waals surface area contributed by atoms with Gasteiger partial charge in [-0.2, -0.15) is 67.3 Å². The lowest BCUT2D eigenvalue weighted by Gasteiger charge is -2.18. The van der Waals surface area contributed by atoms with Crippen LogP contribution in [0.5, 0.6) is 0 Å². The van der Waals surface area contributed by atoms with Gasteiger partial charge in [-0.15, -0.1) is 0 Å². The molecule has 28 nitrogen and oxygen atoms in total. The van der Waals surface area contributed by atoms with Crippen molar-refractivity contribution < 1.29 is 104 Å². The van der Waals surface area contributed by atoms with E-state index in [-0.39, 0.29) is 12.1 Å². The summed E-state index contributed by atoms with van der Waals surface area (Å²) in [5.74, 6) is 0. The highest BCUT2D eigenvalue weighted by molar-refractivity contribution is 7.88. The third-order valence-electron chi connectivity index (χ3n) is 9.23. The number of benzene rings is 6. The van der Waals surface area contributed by atoms with Crippen LogP contribution in [0.25, 0.3) is 32.3 Å². The van der Waals surface area contributed by atoms with Gasteiger partial charge >= 0.3 is 0 Å². The summed E-state index contributed by atoms with van der Waals surface area (Å²) < 4.78 is 277. The Balaban J connectivity index is 1.47. The van der Waals surface area contributed by atoms with Gasteiger partial charge in [0.15, 0.2) is 10.2 Å². The van der Waals surface area contributed by atoms with Crippen molar-refractivity contribution in [3.63, 3.8) is 0 Å². The minimum Gasteiger partial charge on any atom is -0.332 e. The Hall–Kier alpha value is -5.24. The average Bonchev–Trinajstić information content (AvgIpc) is 3.16. The summed E-state index contributed by atoms with van der Waals surface area (Å²) in [5.41, 5.74) is -2.70. The summed E-state index contributed by atoms with van der Waals surface area (Å²) in [6.07, 6.45) is 0. The van der Waals surface area contributed by atoms with Gasteiger partial charge in [-0.1, -0.05) is 0 Å². The molecule has 0 aliphatic rings. The minimum absolute atomic E-state index is 0.263. The van der Waals surface area contributed by atoms with E-state index in [9.17, 15) is 104 Å². The number of rotatable bonds is 12. The van der Waals surface area contributed by atoms with Crippen molar-refractivity contribution in [1.29, 1.82) is 0 Å². The van der Waals surface area contributed by atoms with Crippen LogP contribution < -0.4 is 21.3 Å². The lowest BCUT2D eigenvalue weighted by atomic mass is 10.1. The Morgan fingerprint density at radius 1 is 0.314 bits per heavy atom. The first kappa shape index (κ1) is 54.1. The molecule has 0 saturated carbocycles. The van der Waals surface area contributed by atoms with Crippen LogP contribution >= 0.6 is 24.4 Å². The molecule has 0 amide bonds. The fourth-order valence-corrected chi connectivity index (χ4v) is 12.3. The minimum atomic E-state index is -5.50. The molecule has 0 heterocycles. The number of fused-ring (bicyclic) bond motifs is 3.